The topological polar surface area (TPSA) is 66.6 Å². The molecule has 100 valence electrons. The van der Waals surface area contributed by atoms with Crippen molar-refractivity contribution in [1.29, 1.82) is 0 Å². The number of nitro benzene ring substituents is 1. The molecule has 0 heterocycles. The molecule has 1 N–H and O–H groups in total. The molecule has 1 aromatic rings. The molecule has 0 unspecified atom stereocenters. The number of halogens is 2. The van der Waals surface area contributed by atoms with E-state index in [2.05, 4.69) is 0 Å². The molecule has 1 rings (SSSR count). The lowest BCUT2D eigenvalue weighted by molar-refractivity contribution is -0.384. The molecule has 0 fully saturated rings. The summed E-state index contributed by atoms with van der Waals surface area (Å²) in [5.74, 6) is -0.738. The summed E-state index contributed by atoms with van der Waals surface area (Å²) in [5, 5.41) is 19.9. The monoisotopic (exact) mass is 276 g/mol. The quantitative estimate of drug-likeness (QED) is 0.678. The molecule has 0 bridgehead atoms. The van der Waals surface area contributed by atoms with Crippen molar-refractivity contribution in [2.45, 2.75) is 19.4 Å². The number of rotatable bonds is 4. The SMILES string of the molecule is CN(c1cc(F)c(Cl)cc1[N+](=O)[O-])C(C)(C)CO. The minimum atomic E-state index is -0.759. The summed E-state index contributed by atoms with van der Waals surface area (Å²) in [5.41, 5.74) is -0.989. The fraction of sp³-hybridized carbons (Fsp3) is 0.455. The fourth-order valence-electron chi connectivity index (χ4n) is 1.37. The first kappa shape index (κ1) is 14.7. The van der Waals surface area contributed by atoms with Crippen LogP contribution in [-0.4, -0.2) is 29.2 Å². The average Bonchev–Trinajstić information content (AvgIpc) is 2.30. The third kappa shape index (κ3) is 2.70. The van der Waals surface area contributed by atoms with Gasteiger partial charge in [-0.25, -0.2) is 4.39 Å². The molecule has 18 heavy (non-hydrogen) atoms. The number of hydrogen-bond donors (Lipinski definition) is 1. The second-order valence-electron chi connectivity index (χ2n) is 4.54. The Morgan fingerprint density at radius 3 is 2.56 bits per heavy atom. The third-order valence-electron chi connectivity index (χ3n) is 2.87. The minimum absolute atomic E-state index is 0.0703. The van der Waals surface area contributed by atoms with Gasteiger partial charge in [0, 0.05) is 19.2 Å². The van der Waals surface area contributed by atoms with E-state index < -0.39 is 16.3 Å². The Balaban J connectivity index is 3.39. The van der Waals surface area contributed by atoms with E-state index in [4.69, 9.17) is 11.6 Å². The number of nitrogens with zero attached hydrogens (tertiary/aromatic N) is 2. The Kier molecular flexibility index (Phi) is 4.13. The molecule has 0 aromatic heterocycles. The van der Waals surface area contributed by atoms with Gasteiger partial charge in [-0.2, -0.15) is 0 Å². The Bertz CT molecular complexity index is 480. The van der Waals surface area contributed by atoms with Crippen molar-refractivity contribution in [3.05, 3.63) is 33.1 Å². The lowest BCUT2D eigenvalue weighted by Gasteiger charge is -2.35. The molecule has 0 saturated carbocycles. The highest BCUT2D eigenvalue weighted by Gasteiger charge is 2.29. The summed E-state index contributed by atoms with van der Waals surface area (Å²) in [6.07, 6.45) is 0. The summed E-state index contributed by atoms with van der Waals surface area (Å²) >= 11 is 5.54. The van der Waals surface area contributed by atoms with E-state index in [1.807, 2.05) is 0 Å². The van der Waals surface area contributed by atoms with Crippen molar-refractivity contribution in [3.8, 4) is 0 Å². The van der Waals surface area contributed by atoms with E-state index >= 15 is 0 Å². The van der Waals surface area contributed by atoms with Crippen LogP contribution in [0.15, 0.2) is 12.1 Å². The number of benzene rings is 1. The van der Waals surface area contributed by atoms with Crippen LogP contribution in [0.1, 0.15) is 13.8 Å². The summed E-state index contributed by atoms with van der Waals surface area (Å²) < 4.78 is 13.4. The van der Waals surface area contributed by atoms with Crippen molar-refractivity contribution >= 4 is 23.0 Å². The van der Waals surface area contributed by atoms with Crippen molar-refractivity contribution in [1.82, 2.24) is 0 Å². The number of hydrogen-bond acceptors (Lipinski definition) is 4. The molecule has 0 spiro atoms. The first-order valence-electron chi connectivity index (χ1n) is 5.19. The standard InChI is InChI=1S/C11H14ClFN2O3/c1-11(2,6-16)14(3)9-5-8(13)7(12)4-10(9)15(17)18/h4-5,16H,6H2,1-3H3. The number of likely N-dealkylation sites (N-methyl/N-ethyl adjacent to an activating group) is 1. The van der Waals surface area contributed by atoms with Crippen molar-refractivity contribution < 1.29 is 14.4 Å². The van der Waals surface area contributed by atoms with E-state index in [1.54, 1.807) is 20.9 Å². The molecule has 5 nitrogen and oxygen atoms in total. The molecular formula is C11H14ClFN2O3. The van der Waals surface area contributed by atoms with Crippen LogP contribution < -0.4 is 4.90 Å². The summed E-state index contributed by atoms with van der Waals surface area (Å²) in [7, 11) is 1.55. The highest BCUT2D eigenvalue weighted by atomic mass is 35.5. The maximum Gasteiger partial charge on any atom is 0.294 e. The Morgan fingerprint density at radius 2 is 2.11 bits per heavy atom. The van der Waals surface area contributed by atoms with Gasteiger partial charge in [0.05, 0.1) is 22.1 Å². The van der Waals surface area contributed by atoms with Crippen LogP contribution in [0.3, 0.4) is 0 Å². The minimum Gasteiger partial charge on any atom is -0.394 e. The van der Waals surface area contributed by atoms with E-state index in [0.717, 1.165) is 12.1 Å². The van der Waals surface area contributed by atoms with Gasteiger partial charge in [0.1, 0.15) is 11.5 Å². The van der Waals surface area contributed by atoms with Gasteiger partial charge in [-0.15, -0.1) is 0 Å². The largest absolute Gasteiger partial charge is 0.394 e. The first-order chi connectivity index (χ1) is 8.20. The number of nitro groups is 1. The van der Waals surface area contributed by atoms with Gasteiger partial charge < -0.3 is 10.0 Å². The van der Waals surface area contributed by atoms with Crippen LogP contribution in [0.4, 0.5) is 15.8 Å². The van der Waals surface area contributed by atoms with Crippen LogP contribution in [0.5, 0.6) is 0 Å². The van der Waals surface area contributed by atoms with Gasteiger partial charge in [-0.1, -0.05) is 11.6 Å². The second kappa shape index (κ2) is 5.07. The number of anilines is 1. The zero-order valence-electron chi connectivity index (χ0n) is 10.3. The average molecular weight is 277 g/mol. The van der Waals surface area contributed by atoms with Gasteiger partial charge >= 0.3 is 0 Å². The molecule has 0 aliphatic carbocycles. The van der Waals surface area contributed by atoms with E-state index in [-0.39, 0.29) is 23.0 Å². The van der Waals surface area contributed by atoms with Crippen LogP contribution in [0.2, 0.25) is 5.02 Å². The molecule has 0 aliphatic rings. The van der Waals surface area contributed by atoms with Crippen LogP contribution in [-0.2, 0) is 0 Å². The van der Waals surface area contributed by atoms with Gasteiger partial charge in [-0.3, -0.25) is 10.1 Å². The van der Waals surface area contributed by atoms with E-state index in [9.17, 15) is 19.6 Å². The highest BCUT2D eigenvalue weighted by molar-refractivity contribution is 6.31. The highest BCUT2D eigenvalue weighted by Crippen LogP contribution is 2.35. The maximum absolute atomic E-state index is 13.4. The lowest BCUT2D eigenvalue weighted by Crippen LogP contribution is -2.44. The zero-order chi connectivity index (χ0) is 14.1. The number of aliphatic hydroxyl groups excluding tert-OH is 1. The van der Waals surface area contributed by atoms with Crippen molar-refractivity contribution in [2.24, 2.45) is 0 Å². The van der Waals surface area contributed by atoms with Gasteiger partial charge in [0.25, 0.3) is 5.69 Å². The first-order valence-corrected chi connectivity index (χ1v) is 5.56. The molecule has 1 aromatic carbocycles. The smallest absolute Gasteiger partial charge is 0.294 e. The zero-order valence-corrected chi connectivity index (χ0v) is 11.0. The molecule has 7 heteroatoms. The van der Waals surface area contributed by atoms with Crippen LogP contribution in [0, 0.1) is 15.9 Å². The second-order valence-corrected chi connectivity index (χ2v) is 4.95. The van der Waals surface area contributed by atoms with E-state index in [0.29, 0.717) is 0 Å². The summed E-state index contributed by atoms with van der Waals surface area (Å²) in [4.78, 5) is 11.8. The van der Waals surface area contributed by atoms with E-state index in [1.165, 1.54) is 4.90 Å². The third-order valence-corrected chi connectivity index (χ3v) is 3.16. The maximum atomic E-state index is 13.4. The fourth-order valence-corrected chi connectivity index (χ4v) is 1.53. The summed E-state index contributed by atoms with van der Waals surface area (Å²) in [6, 6.07) is 1.97. The molecule has 0 radical (unpaired) electrons. The molecule has 0 amide bonds. The molecular weight excluding hydrogens is 263 g/mol. The Labute approximate surface area is 109 Å². The molecule has 0 atom stereocenters. The van der Waals surface area contributed by atoms with Crippen molar-refractivity contribution in [3.63, 3.8) is 0 Å². The molecule has 0 aliphatic heterocycles. The van der Waals surface area contributed by atoms with Gasteiger partial charge in [0.2, 0.25) is 0 Å². The Hall–Kier alpha value is -1.40. The summed E-state index contributed by atoms with van der Waals surface area (Å²) in [6.45, 7) is 3.14. The number of aliphatic hydroxyl groups is 1. The molecule has 0 saturated heterocycles. The van der Waals surface area contributed by atoms with Crippen molar-refractivity contribution in [2.75, 3.05) is 18.6 Å². The van der Waals surface area contributed by atoms with Gasteiger partial charge in [-0.05, 0) is 13.8 Å². The lowest BCUT2D eigenvalue weighted by atomic mass is 10.0. The normalized spacial score (nSPS) is 11.4. The predicted octanol–water partition coefficient (Wildman–Crippen LogP) is 2.59. The Morgan fingerprint density at radius 1 is 1.56 bits per heavy atom. The van der Waals surface area contributed by atoms with Crippen LogP contribution >= 0.6 is 11.6 Å². The predicted molar refractivity (Wildman–Crippen MR) is 67.6 cm³/mol. The van der Waals surface area contributed by atoms with Crippen LogP contribution in [0.25, 0.3) is 0 Å². The van der Waals surface area contributed by atoms with Gasteiger partial charge in [0.15, 0.2) is 0 Å².